The largest absolute Gasteiger partial charge is 0.438 e. The fourth-order valence-electron chi connectivity index (χ4n) is 3.89. The van der Waals surface area contributed by atoms with Crippen molar-refractivity contribution in [3.8, 4) is 22.9 Å². The number of rotatable bonds is 5. The number of nitrogens with zero attached hydrogens (tertiary/aromatic N) is 4. The minimum Gasteiger partial charge on any atom is -0.438 e. The first-order valence-corrected chi connectivity index (χ1v) is 10.8. The molecule has 3 aromatic heterocycles. The normalized spacial score (nSPS) is 11.1. The second-order valence-corrected chi connectivity index (χ2v) is 7.72. The Balaban J connectivity index is 1.38. The highest BCUT2D eigenvalue weighted by Crippen LogP contribution is 2.37. The number of hydrogen-bond acceptors (Lipinski definition) is 7. The van der Waals surface area contributed by atoms with Crippen LogP contribution in [0.1, 0.15) is 5.82 Å². The maximum Gasteiger partial charge on any atom is 0.300 e. The van der Waals surface area contributed by atoms with Crippen molar-refractivity contribution in [1.29, 1.82) is 0 Å². The topological polar surface area (TPSA) is 86.0 Å². The number of aromatic nitrogens is 4. The van der Waals surface area contributed by atoms with Crippen LogP contribution in [0.2, 0.25) is 0 Å². The summed E-state index contributed by atoms with van der Waals surface area (Å²) < 4.78 is 12.2. The lowest BCUT2D eigenvalue weighted by atomic mass is 10.1. The van der Waals surface area contributed by atoms with E-state index in [1.807, 2.05) is 85.8 Å². The fraction of sp³-hybridized carbons (Fsp3) is 0.0370. The van der Waals surface area contributed by atoms with Gasteiger partial charge < -0.3 is 14.5 Å². The molecule has 6 rings (SSSR count). The number of ether oxygens (including phenoxy) is 1. The zero-order valence-electron chi connectivity index (χ0n) is 18.3. The van der Waals surface area contributed by atoms with E-state index < -0.39 is 0 Å². The highest BCUT2D eigenvalue weighted by atomic mass is 16.5. The standard InChI is InChI=1S/C27H19N5O2/c1-17-28-16-14-22(30-17)20-9-6-15-29-26(20)33-24-13-12-21(18-7-2-3-8-19(18)24)31-27-32-23-10-4-5-11-25(23)34-27/h2-16H,1H3,(H,31,32). The summed E-state index contributed by atoms with van der Waals surface area (Å²) in [6, 6.07) is 25.6. The maximum absolute atomic E-state index is 6.33. The van der Waals surface area contributed by atoms with Gasteiger partial charge in [-0.3, -0.25) is 0 Å². The number of pyridine rings is 1. The van der Waals surface area contributed by atoms with Crippen molar-refractivity contribution in [2.24, 2.45) is 0 Å². The molecule has 7 heteroatoms. The Bertz CT molecular complexity index is 1610. The molecule has 164 valence electrons. The Hall–Kier alpha value is -4.78. The highest BCUT2D eigenvalue weighted by molar-refractivity contribution is 5.99. The fourth-order valence-corrected chi connectivity index (χ4v) is 3.89. The molecular weight excluding hydrogens is 426 g/mol. The molecule has 7 nitrogen and oxygen atoms in total. The van der Waals surface area contributed by atoms with Gasteiger partial charge in [-0.25, -0.2) is 15.0 Å². The minimum atomic E-state index is 0.436. The van der Waals surface area contributed by atoms with Gasteiger partial charge in [0.1, 0.15) is 17.1 Å². The van der Waals surface area contributed by atoms with Gasteiger partial charge in [-0.05, 0) is 49.4 Å². The molecule has 0 spiro atoms. The van der Waals surface area contributed by atoms with Gasteiger partial charge in [0.15, 0.2) is 5.58 Å². The van der Waals surface area contributed by atoms with Crippen molar-refractivity contribution >= 4 is 33.6 Å². The molecule has 0 aliphatic heterocycles. The van der Waals surface area contributed by atoms with Gasteiger partial charge in [0.25, 0.3) is 6.01 Å². The first-order chi connectivity index (χ1) is 16.7. The number of nitrogens with one attached hydrogen (secondary N) is 1. The molecule has 0 aliphatic carbocycles. The van der Waals surface area contributed by atoms with E-state index in [0.717, 1.165) is 38.8 Å². The average molecular weight is 445 g/mol. The summed E-state index contributed by atoms with van der Waals surface area (Å²) in [7, 11) is 0. The van der Waals surface area contributed by atoms with E-state index >= 15 is 0 Å². The number of anilines is 2. The molecule has 3 aromatic carbocycles. The van der Waals surface area contributed by atoms with E-state index in [-0.39, 0.29) is 0 Å². The molecule has 0 amide bonds. The molecular formula is C27H19N5O2. The average Bonchev–Trinajstić information content (AvgIpc) is 3.28. The summed E-state index contributed by atoms with van der Waals surface area (Å²) in [6.07, 6.45) is 3.44. The van der Waals surface area contributed by atoms with E-state index in [9.17, 15) is 0 Å². The van der Waals surface area contributed by atoms with Gasteiger partial charge in [0.2, 0.25) is 5.88 Å². The van der Waals surface area contributed by atoms with Crippen molar-refractivity contribution in [3.05, 3.63) is 97.1 Å². The van der Waals surface area contributed by atoms with E-state index in [4.69, 9.17) is 9.15 Å². The molecule has 1 N–H and O–H groups in total. The smallest absolute Gasteiger partial charge is 0.300 e. The number of fused-ring (bicyclic) bond motifs is 2. The second-order valence-electron chi connectivity index (χ2n) is 7.72. The van der Waals surface area contributed by atoms with Crippen LogP contribution in [0.25, 0.3) is 33.1 Å². The molecule has 0 bridgehead atoms. The quantitative estimate of drug-likeness (QED) is 0.317. The summed E-state index contributed by atoms with van der Waals surface area (Å²) in [5.41, 5.74) is 3.95. The van der Waals surface area contributed by atoms with Crippen LogP contribution in [0, 0.1) is 6.92 Å². The number of oxazole rings is 1. The predicted molar refractivity (Wildman–Crippen MR) is 131 cm³/mol. The summed E-state index contributed by atoms with van der Waals surface area (Å²) in [5, 5.41) is 5.20. The first kappa shape index (κ1) is 19.9. The van der Waals surface area contributed by atoms with Gasteiger partial charge in [-0.1, -0.05) is 36.4 Å². The van der Waals surface area contributed by atoms with Crippen LogP contribution in [-0.4, -0.2) is 19.9 Å². The van der Waals surface area contributed by atoms with Crippen LogP contribution in [0.3, 0.4) is 0 Å². The molecule has 0 saturated carbocycles. The number of aryl methyl sites for hydroxylation is 1. The summed E-state index contributed by atoms with van der Waals surface area (Å²) in [5.74, 6) is 1.85. The summed E-state index contributed by atoms with van der Waals surface area (Å²) in [6.45, 7) is 1.86. The number of para-hydroxylation sites is 2. The van der Waals surface area contributed by atoms with Crippen molar-refractivity contribution in [2.75, 3.05) is 5.32 Å². The molecule has 6 aromatic rings. The van der Waals surface area contributed by atoms with Crippen LogP contribution >= 0.6 is 0 Å². The Kier molecular flexibility index (Phi) is 4.85. The van der Waals surface area contributed by atoms with Crippen LogP contribution < -0.4 is 10.1 Å². The molecule has 0 aliphatic rings. The van der Waals surface area contributed by atoms with E-state index in [2.05, 4.69) is 25.3 Å². The van der Waals surface area contributed by atoms with E-state index in [0.29, 0.717) is 23.5 Å². The second kappa shape index (κ2) is 8.29. The molecule has 0 atom stereocenters. The minimum absolute atomic E-state index is 0.436. The SMILES string of the molecule is Cc1nccc(-c2cccnc2Oc2ccc(Nc3nc4ccccc4o3)c3ccccc23)n1. The third-order valence-electron chi connectivity index (χ3n) is 5.45. The Morgan fingerprint density at radius 3 is 2.50 bits per heavy atom. The van der Waals surface area contributed by atoms with E-state index in [1.165, 1.54) is 0 Å². The highest BCUT2D eigenvalue weighted by Gasteiger charge is 2.14. The van der Waals surface area contributed by atoms with Gasteiger partial charge in [-0.15, -0.1) is 0 Å². The van der Waals surface area contributed by atoms with Crippen molar-refractivity contribution in [1.82, 2.24) is 19.9 Å². The van der Waals surface area contributed by atoms with Gasteiger partial charge in [-0.2, -0.15) is 4.98 Å². The van der Waals surface area contributed by atoms with Gasteiger partial charge in [0.05, 0.1) is 16.9 Å². The molecule has 0 fully saturated rings. The molecule has 0 radical (unpaired) electrons. The Morgan fingerprint density at radius 1 is 0.765 bits per heavy atom. The molecule has 0 unspecified atom stereocenters. The van der Waals surface area contributed by atoms with Crippen molar-refractivity contribution < 1.29 is 9.15 Å². The van der Waals surface area contributed by atoms with Crippen molar-refractivity contribution in [3.63, 3.8) is 0 Å². The number of hydrogen-bond donors (Lipinski definition) is 1. The Labute approximate surface area is 195 Å². The third-order valence-corrected chi connectivity index (χ3v) is 5.45. The van der Waals surface area contributed by atoms with E-state index in [1.54, 1.807) is 12.4 Å². The lowest BCUT2D eigenvalue weighted by Crippen LogP contribution is -1.97. The Morgan fingerprint density at radius 2 is 1.62 bits per heavy atom. The zero-order chi connectivity index (χ0) is 22.9. The van der Waals surface area contributed by atoms with Crippen LogP contribution in [0.15, 0.2) is 95.7 Å². The van der Waals surface area contributed by atoms with Crippen LogP contribution in [0.4, 0.5) is 11.7 Å². The third kappa shape index (κ3) is 3.69. The molecule has 0 saturated heterocycles. The summed E-state index contributed by atoms with van der Waals surface area (Å²) >= 11 is 0. The number of benzene rings is 3. The van der Waals surface area contributed by atoms with Gasteiger partial charge >= 0.3 is 0 Å². The van der Waals surface area contributed by atoms with Crippen molar-refractivity contribution in [2.45, 2.75) is 6.92 Å². The molecule has 34 heavy (non-hydrogen) atoms. The van der Waals surface area contributed by atoms with Gasteiger partial charge in [0, 0.05) is 23.2 Å². The van der Waals surface area contributed by atoms with Crippen LogP contribution in [-0.2, 0) is 0 Å². The molecule has 3 heterocycles. The summed E-state index contributed by atoms with van der Waals surface area (Å²) in [4.78, 5) is 17.7. The predicted octanol–water partition coefficient (Wildman–Crippen LogP) is 6.68. The zero-order valence-corrected chi connectivity index (χ0v) is 18.3. The first-order valence-electron chi connectivity index (χ1n) is 10.8. The monoisotopic (exact) mass is 445 g/mol. The lowest BCUT2D eigenvalue weighted by molar-refractivity contribution is 0.470. The lowest BCUT2D eigenvalue weighted by Gasteiger charge is -2.14. The maximum atomic E-state index is 6.33. The van der Waals surface area contributed by atoms with Crippen LogP contribution in [0.5, 0.6) is 11.6 Å².